The van der Waals surface area contributed by atoms with Gasteiger partial charge in [-0.2, -0.15) is 0 Å². The van der Waals surface area contributed by atoms with Crippen molar-refractivity contribution < 1.29 is 9.53 Å². The molecule has 1 aliphatic carbocycles. The Morgan fingerprint density at radius 2 is 2.00 bits per heavy atom. The molecule has 0 unspecified atom stereocenters. The van der Waals surface area contributed by atoms with E-state index in [-0.39, 0.29) is 5.91 Å². The van der Waals surface area contributed by atoms with Crippen molar-refractivity contribution in [1.82, 2.24) is 4.57 Å². The number of aromatic nitrogens is 1. The van der Waals surface area contributed by atoms with Crippen LogP contribution in [0.2, 0.25) is 0 Å². The van der Waals surface area contributed by atoms with Gasteiger partial charge in [-0.25, -0.2) is 0 Å². The van der Waals surface area contributed by atoms with E-state index in [2.05, 4.69) is 5.32 Å². The topological polar surface area (TPSA) is 43.3 Å². The van der Waals surface area contributed by atoms with Gasteiger partial charge in [0.25, 0.3) is 5.91 Å². The molecule has 1 heterocycles. The standard InChI is InChI=1S/C18H22N2O2/c1-13-10-11-17(20(13)2)18(21)19-14-6-5-9-16(12-14)22-15-7-3-4-8-15/h5-6,9-12,15H,3-4,7-8H2,1-2H3,(H,19,21). The SMILES string of the molecule is Cc1ccc(C(=O)Nc2cccc(OC3CCCC3)c2)n1C. The maximum Gasteiger partial charge on any atom is 0.272 e. The zero-order chi connectivity index (χ0) is 15.5. The van der Waals surface area contributed by atoms with E-state index in [4.69, 9.17) is 4.74 Å². The molecule has 2 aromatic rings. The number of benzene rings is 1. The van der Waals surface area contributed by atoms with Crippen LogP contribution in [0, 0.1) is 6.92 Å². The van der Waals surface area contributed by atoms with Gasteiger partial charge in [0.15, 0.2) is 0 Å². The monoisotopic (exact) mass is 298 g/mol. The Morgan fingerprint density at radius 1 is 1.23 bits per heavy atom. The molecule has 0 bridgehead atoms. The van der Waals surface area contributed by atoms with Crippen LogP contribution in [-0.4, -0.2) is 16.6 Å². The largest absolute Gasteiger partial charge is 0.490 e. The van der Waals surface area contributed by atoms with Crippen LogP contribution in [0.3, 0.4) is 0 Å². The molecule has 3 rings (SSSR count). The molecule has 1 aliphatic rings. The first kappa shape index (κ1) is 14.7. The number of nitrogens with one attached hydrogen (secondary N) is 1. The van der Waals surface area contributed by atoms with Gasteiger partial charge in [0, 0.05) is 24.5 Å². The Bertz CT molecular complexity index is 669. The van der Waals surface area contributed by atoms with E-state index < -0.39 is 0 Å². The fourth-order valence-electron chi connectivity index (χ4n) is 2.88. The van der Waals surface area contributed by atoms with Crippen LogP contribution in [0.15, 0.2) is 36.4 Å². The first-order valence-electron chi connectivity index (χ1n) is 7.84. The minimum atomic E-state index is -0.103. The number of ether oxygens (including phenoxy) is 1. The highest BCUT2D eigenvalue weighted by molar-refractivity contribution is 6.03. The van der Waals surface area contributed by atoms with Crippen molar-refractivity contribution in [1.29, 1.82) is 0 Å². The summed E-state index contributed by atoms with van der Waals surface area (Å²) in [5.41, 5.74) is 2.47. The summed E-state index contributed by atoms with van der Waals surface area (Å²) in [6.07, 6.45) is 5.06. The van der Waals surface area contributed by atoms with Crippen molar-refractivity contribution in [2.75, 3.05) is 5.32 Å². The number of hydrogen-bond acceptors (Lipinski definition) is 2. The predicted octanol–water partition coefficient (Wildman–Crippen LogP) is 3.91. The summed E-state index contributed by atoms with van der Waals surface area (Å²) in [5, 5.41) is 2.94. The lowest BCUT2D eigenvalue weighted by molar-refractivity contribution is 0.101. The molecule has 0 aliphatic heterocycles. The third-order valence-corrected chi connectivity index (χ3v) is 4.30. The van der Waals surface area contributed by atoms with Crippen molar-refractivity contribution in [3.63, 3.8) is 0 Å². The second-order valence-corrected chi connectivity index (χ2v) is 5.93. The molecule has 1 N–H and O–H groups in total. The van der Waals surface area contributed by atoms with E-state index in [9.17, 15) is 4.79 Å². The third-order valence-electron chi connectivity index (χ3n) is 4.30. The molecule has 4 heteroatoms. The van der Waals surface area contributed by atoms with Crippen LogP contribution in [0.1, 0.15) is 41.9 Å². The molecule has 0 spiro atoms. The van der Waals surface area contributed by atoms with Crippen LogP contribution in [0.5, 0.6) is 5.75 Å². The molecule has 1 aromatic heterocycles. The third kappa shape index (κ3) is 3.16. The van der Waals surface area contributed by atoms with Crippen molar-refractivity contribution >= 4 is 11.6 Å². The highest BCUT2D eigenvalue weighted by Crippen LogP contribution is 2.26. The Hall–Kier alpha value is -2.23. The molecular formula is C18H22N2O2. The first-order valence-corrected chi connectivity index (χ1v) is 7.84. The number of aryl methyl sites for hydroxylation is 1. The van der Waals surface area contributed by atoms with Crippen LogP contribution >= 0.6 is 0 Å². The molecule has 0 radical (unpaired) electrons. The summed E-state index contributed by atoms with van der Waals surface area (Å²) in [4.78, 5) is 12.3. The highest BCUT2D eigenvalue weighted by Gasteiger charge is 2.17. The van der Waals surface area contributed by atoms with E-state index in [1.807, 2.05) is 54.9 Å². The minimum Gasteiger partial charge on any atom is -0.490 e. The van der Waals surface area contributed by atoms with Gasteiger partial charge < -0.3 is 14.6 Å². The molecular weight excluding hydrogens is 276 g/mol. The fraction of sp³-hybridized carbons (Fsp3) is 0.389. The number of rotatable bonds is 4. The van der Waals surface area contributed by atoms with E-state index >= 15 is 0 Å². The van der Waals surface area contributed by atoms with Crippen LogP contribution in [0.25, 0.3) is 0 Å². The average Bonchev–Trinajstić information content (AvgIpc) is 3.11. The Labute approximate surface area is 131 Å². The number of nitrogens with zero attached hydrogens (tertiary/aromatic N) is 1. The zero-order valence-electron chi connectivity index (χ0n) is 13.1. The summed E-state index contributed by atoms with van der Waals surface area (Å²) in [6.45, 7) is 1.98. The molecule has 4 nitrogen and oxygen atoms in total. The van der Waals surface area contributed by atoms with Crippen LogP contribution < -0.4 is 10.1 Å². The van der Waals surface area contributed by atoms with Gasteiger partial charge in [-0.15, -0.1) is 0 Å². The lowest BCUT2D eigenvalue weighted by atomic mass is 10.2. The smallest absolute Gasteiger partial charge is 0.272 e. The van der Waals surface area contributed by atoms with Gasteiger partial charge in [-0.3, -0.25) is 4.79 Å². The van der Waals surface area contributed by atoms with E-state index in [1.165, 1.54) is 12.8 Å². The lowest BCUT2D eigenvalue weighted by Gasteiger charge is -2.14. The van der Waals surface area contributed by atoms with Crippen molar-refractivity contribution in [3.8, 4) is 5.75 Å². The molecule has 1 saturated carbocycles. The van der Waals surface area contributed by atoms with Crippen molar-refractivity contribution in [3.05, 3.63) is 47.8 Å². The number of anilines is 1. The maximum absolute atomic E-state index is 12.3. The maximum atomic E-state index is 12.3. The summed E-state index contributed by atoms with van der Waals surface area (Å²) >= 11 is 0. The molecule has 0 saturated heterocycles. The van der Waals surface area contributed by atoms with E-state index in [0.29, 0.717) is 11.8 Å². The van der Waals surface area contributed by atoms with Gasteiger partial charge in [0.05, 0.1) is 6.10 Å². The van der Waals surface area contributed by atoms with Gasteiger partial charge in [-0.05, 0) is 56.9 Å². The Balaban J connectivity index is 1.69. The van der Waals surface area contributed by atoms with Gasteiger partial charge in [-0.1, -0.05) is 6.07 Å². The molecule has 1 aromatic carbocycles. The van der Waals surface area contributed by atoms with Crippen LogP contribution in [-0.2, 0) is 7.05 Å². The van der Waals surface area contributed by atoms with Crippen molar-refractivity contribution in [2.24, 2.45) is 7.05 Å². The number of carbonyl (C=O) groups is 1. The molecule has 1 amide bonds. The summed E-state index contributed by atoms with van der Waals surface area (Å²) in [5.74, 6) is 0.723. The summed E-state index contributed by atoms with van der Waals surface area (Å²) < 4.78 is 7.86. The van der Waals surface area contributed by atoms with E-state index in [1.54, 1.807) is 0 Å². The molecule has 1 fully saturated rings. The highest BCUT2D eigenvalue weighted by atomic mass is 16.5. The molecule has 22 heavy (non-hydrogen) atoms. The molecule has 0 atom stereocenters. The fourth-order valence-corrected chi connectivity index (χ4v) is 2.88. The average molecular weight is 298 g/mol. The van der Waals surface area contributed by atoms with Gasteiger partial charge in [0.2, 0.25) is 0 Å². The van der Waals surface area contributed by atoms with Crippen LogP contribution in [0.4, 0.5) is 5.69 Å². The predicted molar refractivity (Wildman–Crippen MR) is 87.4 cm³/mol. The minimum absolute atomic E-state index is 0.103. The zero-order valence-corrected chi connectivity index (χ0v) is 13.1. The second-order valence-electron chi connectivity index (χ2n) is 5.93. The van der Waals surface area contributed by atoms with Gasteiger partial charge >= 0.3 is 0 Å². The lowest BCUT2D eigenvalue weighted by Crippen LogP contribution is -2.16. The normalized spacial score (nSPS) is 15.0. The first-order chi connectivity index (χ1) is 10.6. The number of carbonyl (C=O) groups excluding carboxylic acids is 1. The second kappa shape index (κ2) is 6.26. The van der Waals surface area contributed by atoms with Crippen molar-refractivity contribution in [2.45, 2.75) is 38.7 Å². The Kier molecular flexibility index (Phi) is 4.18. The van der Waals surface area contributed by atoms with E-state index in [0.717, 1.165) is 30.0 Å². The summed E-state index contributed by atoms with van der Waals surface area (Å²) in [7, 11) is 1.89. The summed E-state index contributed by atoms with van der Waals surface area (Å²) in [6, 6.07) is 11.4. The number of hydrogen-bond donors (Lipinski definition) is 1. The quantitative estimate of drug-likeness (QED) is 0.930. The number of amides is 1. The Morgan fingerprint density at radius 3 is 2.68 bits per heavy atom. The molecule has 116 valence electrons. The van der Waals surface area contributed by atoms with Gasteiger partial charge in [0.1, 0.15) is 11.4 Å².